The summed E-state index contributed by atoms with van der Waals surface area (Å²) in [5, 5.41) is 7.76. The van der Waals surface area contributed by atoms with E-state index in [0.717, 1.165) is 93.6 Å². The van der Waals surface area contributed by atoms with Gasteiger partial charge in [-0.3, -0.25) is 19.9 Å². The van der Waals surface area contributed by atoms with E-state index in [1.807, 2.05) is 49.2 Å². The number of hydrogen-bond acceptors (Lipinski definition) is 5. The molecule has 0 aliphatic heterocycles. The molecule has 0 aliphatic rings. The first-order valence-electron chi connectivity index (χ1n) is 16.6. The molecule has 0 unspecified atom stereocenters. The van der Waals surface area contributed by atoms with Crippen LogP contribution in [0.4, 0.5) is 0 Å². The highest BCUT2D eigenvalue weighted by Gasteiger charge is 2.14. The monoisotopic (exact) mass is 637 g/mol. The van der Waals surface area contributed by atoms with Crippen LogP contribution < -0.4 is 0 Å². The molecule has 232 valence electrons. The van der Waals surface area contributed by atoms with E-state index in [-0.39, 0.29) is 0 Å². The number of rotatable bonds is 4. The van der Waals surface area contributed by atoms with Crippen LogP contribution in [0.25, 0.3) is 99.0 Å². The van der Waals surface area contributed by atoms with Gasteiger partial charge in [0.25, 0.3) is 0 Å². The Hall–Kier alpha value is -6.85. The van der Waals surface area contributed by atoms with Crippen LogP contribution >= 0.6 is 0 Å². The van der Waals surface area contributed by atoms with Gasteiger partial charge in [-0.05, 0) is 76.0 Å². The number of fused-ring (bicyclic) bond motifs is 7. The molecule has 0 bridgehead atoms. The maximum Gasteiger partial charge on any atom is 0.0964 e. The Labute approximate surface area is 287 Å². The Morgan fingerprint density at radius 1 is 0.340 bits per heavy atom. The van der Waals surface area contributed by atoms with E-state index < -0.39 is 0 Å². The molecule has 0 aliphatic carbocycles. The summed E-state index contributed by atoms with van der Waals surface area (Å²) in [5.41, 5.74) is 10.9. The first-order valence-corrected chi connectivity index (χ1v) is 16.6. The van der Waals surface area contributed by atoms with Crippen LogP contribution in [-0.4, -0.2) is 24.9 Å². The van der Waals surface area contributed by atoms with Gasteiger partial charge in [0.15, 0.2) is 0 Å². The normalized spacial score (nSPS) is 11.6. The van der Waals surface area contributed by atoms with Gasteiger partial charge in [-0.15, -0.1) is 0 Å². The molecule has 0 saturated heterocycles. The summed E-state index contributed by atoms with van der Waals surface area (Å²) in [6, 6.07) is 46.8. The van der Waals surface area contributed by atoms with E-state index in [4.69, 9.17) is 15.0 Å². The predicted molar refractivity (Wildman–Crippen MR) is 205 cm³/mol. The van der Waals surface area contributed by atoms with E-state index in [0.29, 0.717) is 0 Å². The van der Waals surface area contributed by atoms with Crippen LogP contribution in [-0.2, 0) is 0 Å². The van der Waals surface area contributed by atoms with Gasteiger partial charge < -0.3 is 0 Å². The Morgan fingerprint density at radius 3 is 1.94 bits per heavy atom. The zero-order chi connectivity index (χ0) is 33.0. The predicted octanol–water partition coefficient (Wildman–Crippen LogP) is 11.1. The van der Waals surface area contributed by atoms with Crippen molar-refractivity contribution >= 4 is 54.3 Å². The topological polar surface area (TPSA) is 64.5 Å². The quantitative estimate of drug-likeness (QED) is 0.180. The maximum absolute atomic E-state index is 5.31. The first-order chi connectivity index (χ1) is 24.7. The molecular weight excluding hydrogens is 611 g/mol. The van der Waals surface area contributed by atoms with Crippen molar-refractivity contribution in [1.29, 1.82) is 0 Å². The van der Waals surface area contributed by atoms with Crippen LogP contribution in [0.5, 0.6) is 0 Å². The van der Waals surface area contributed by atoms with Gasteiger partial charge in [0.05, 0.1) is 27.9 Å². The molecule has 0 fully saturated rings. The Balaban J connectivity index is 1.15. The molecule has 5 nitrogen and oxygen atoms in total. The molecule has 5 heteroatoms. The van der Waals surface area contributed by atoms with Gasteiger partial charge in [-0.1, -0.05) is 84.9 Å². The van der Waals surface area contributed by atoms with Crippen molar-refractivity contribution < 1.29 is 0 Å². The molecule has 0 spiro atoms. The van der Waals surface area contributed by atoms with E-state index in [9.17, 15) is 0 Å². The molecule has 0 saturated carbocycles. The number of nitrogens with zero attached hydrogens (tertiary/aromatic N) is 5. The summed E-state index contributed by atoms with van der Waals surface area (Å²) in [7, 11) is 0. The van der Waals surface area contributed by atoms with E-state index >= 15 is 0 Å². The average Bonchev–Trinajstić information content (AvgIpc) is 3.20. The van der Waals surface area contributed by atoms with Crippen molar-refractivity contribution in [3.8, 4) is 44.8 Å². The number of hydrogen-bond donors (Lipinski definition) is 0. The minimum atomic E-state index is 0.880. The van der Waals surface area contributed by atoms with Crippen LogP contribution in [0.3, 0.4) is 0 Å². The van der Waals surface area contributed by atoms with E-state index in [1.165, 1.54) is 5.39 Å². The van der Waals surface area contributed by atoms with Crippen molar-refractivity contribution in [2.45, 2.75) is 0 Å². The zero-order valence-electron chi connectivity index (χ0n) is 26.8. The summed E-state index contributed by atoms with van der Waals surface area (Å²) in [6.45, 7) is 0. The number of aromatic nitrogens is 5. The van der Waals surface area contributed by atoms with Gasteiger partial charge in [0, 0.05) is 74.6 Å². The first kappa shape index (κ1) is 28.2. The summed E-state index contributed by atoms with van der Waals surface area (Å²) >= 11 is 0. The van der Waals surface area contributed by atoms with Gasteiger partial charge in [0.2, 0.25) is 0 Å². The van der Waals surface area contributed by atoms with Gasteiger partial charge in [0.1, 0.15) is 0 Å². The van der Waals surface area contributed by atoms with Crippen LogP contribution in [0.2, 0.25) is 0 Å². The number of benzene rings is 5. The van der Waals surface area contributed by atoms with Crippen molar-refractivity contribution in [3.63, 3.8) is 0 Å². The Morgan fingerprint density at radius 2 is 1.02 bits per heavy atom. The summed E-state index contributed by atoms with van der Waals surface area (Å²) in [5.74, 6) is 0. The lowest BCUT2D eigenvalue weighted by molar-refractivity contribution is 1.31. The van der Waals surface area contributed by atoms with E-state index in [2.05, 4.69) is 125 Å². The molecule has 0 N–H and O–H groups in total. The highest BCUT2D eigenvalue weighted by Crippen LogP contribution is 2.36. The lowest BCUT2D eigenvalue weighted by Crippen LogP contribution is -1.94. The second-order valence-corrected chi connectivity index (χ2v) is 12.6. The second-order valence-electron chi connectivity index (χ2n) is 12.6. The molecule has 5 heterocycles. The summed E-state index contributed by atoms with van der Waals surface area (Å²) in [6.07, 6.45) is 9.39. The molecule has 5 aromatic carbocycles. The van der Waals surface area contributed by atoms with Crippen molar-refractivity contribution in [2.75, 3.05) is 0 Å². The molecule has 5 aromatic heterocycles. The molecule has 0 radical (unpaired) electrons. The number of pyridine rings is 5. The third-order valence-corrected chi connectivity index (χ3v) is 9.62. The fourth-order valence-electron chi connectivity index (χ4n) is 7.12. The fourth-order valence-corrected chi connectivity index (χ4v) is 7.12. The SMILES string of the molecule is c1cc(-c2ccc3ccc4cccnc4c3c2)cc(-c2cc(-c3cnc4c(ccc5cccnc54)c3)cc(-c3cccc4ccncc34)n2)c1. The Bertz CT molecular complexity index is 2950. The fraction of sp³-hybridized carbons (Fsp3) is 0. The molecule has 50 heavy (non-hydrogen) atoms. The van der Waals surface area contributed by atoms with E-state index in [1.54, 1.807) is 0 Å². The van der Waals surface area contributed by atoms with Crippen LogP contribution in [0, 0.1) is 0 Å². The molecule has 0 atom stereocenters. The third-order valence-electron chi connectivity index (χ3n) is 9.62. The standard InChI is InChI=1S/C45H27N5/c1-6-32(33-15-12-29-11-13-30-8-3-18-47-43(30)39(29)23-33)21-34(7-1)41-24-36(25-42(50-41)38-10-2-5-28-17-20-46-27-40(28)38)37-22-35-16-14-31-9-4-19-48-44(31)45(35)49-26-37/h1-27H. The van der Waals surface area contributed by atoms with Gasteiger partial charge in [-0.25, -0.2) is 4.98 Å². The van der Waals surface area contributed by atoms with Gasteiger partial charge >= 0.3 is 0 Å². The average molecular weight is 638 g/mol. The van der Waals surface area contributed by atoms with Gasteiger partial charge in [-0.2, -0.15) is 0 Å². The van der Waals surface area contributed by atoms with Crippen molar-refractivity contribution in [3.05, 3.63) is 164 Å². The highest BCUT2D eigenvalue weighted by atomic mass is 14.7. The molecule has 10 rings (SSSR count). The lowest BCUT2D eigenvalue weighted by atomic mass is 9.95. The summed E-state index contributed by atoms with van der Waals surface area (Å²) < 4.78 is 0. The zero-order valence-corrected chi connectivity index (χ0v) is 26.8. The van der Waals surface area contributed by atoms with Crippen molar-refractivity contribution in [2.24, 2.45) is 0 Å². The molecule has 0 amide bonds. The van der Waals surface area contributed by atoms with Crippen LogP contribution in [0.1, 0.15) is 0 Å². The smallest absolute Gasteiger partial charge is 0.0964 e. The van der Waals surface area contributed by atoms with Crippen molar-refractivity contribution in [1.82, 2.24) is 24.9 Å². The second kappa shape index (κ2) is 11.4. The minimum Gasteiger partial charge on any atom is -0.264 e. The summed E-state index contributed by atoms with van der Waals surface area (Å²) in [4.78, 5) is 24.1. The lowest BCUT2D eigenvalue weighted by Gasteiger charge is -2.13. The molecule has 10 aromatic rings. The minimum absolute atomic E-state index is 0.880. The Kier molecular flexibility index (Phi) is 6.42. The molecular formula is C45H27N5. The largest absolute Gasteiger partial charge is 0.264 e. The third kappa shape index (κ3) is 4.75. The van der Waals surface area contributed by atoms with Crippen LogP contribution in [0.15, 0.2) is 164 Å². The highest BCUT2D eigenvalue weighted by molar-refractivity contribution is 6.07. The maximum atomic E-state index is 5.31.